The number of halogens is 2. The lowest BCUT2D eigenvalue weighted by molar-refractivity contribution is 0.289. The normalized spacial score (nSPS) is 21.5. The Kier molecular flexibility index (Phi) is 4.45. The Morgan fingerprint density at radius 1 is 1.00 bits per heavy atom. The first-order valence-corrected chi connectivity index (χ1v) is 8.11. The van der Waals surface area contributed by atoms with Crippen molar-refractivity contribution in [3.05, 3.63) is 69.2 Å². The zero-order valence-corrected chi connectivity index (χ0v) is 13.5. The van der Waals surface area contributed by atoms with Gasteiger partial charge in [-0.25, -0.2) is 0 Å². The maximum absolute atomic E-state index is 5.92. The number of benzene rings is 2. The van der Waals surface area contributed by atoms with Crippen molar-refractivity contribution in [1.82, 2.24) is 5.32 Å². The summed E-state index contributed by atoms with van der Waals surface area (Å²) < 4.78 is 1.13. The van der Waals surface area contributed by atoms with E-state index in [1.807, 2.05) is 12.1 Å². The standard InChI is InChI=1S/C17H17BrClN/c18-15-5-1-12(2-6-15)11-20-17-9-14(10-17)13-3-7-16(19)8-4-13/h1-8,14,17,20H,9-11H2. The van der Waals surface area contributed by atoms with Crippen LogP contribution in [0.4, 0.5) is 0 Å². The second-order valence-electron chi connectivity index (χ2n) is 5.42. The monoisotopic (exact) mass is 349 g/mol. The summed E-state index contributed by atoms with van der Waals surface area (Å²) in [6.07, 6.45) is 2.44. The number of rotatable bonds is 4. The summed E-state index contributed by atoms with van der Waals surface area (Å²) in [5.41, 5.74) is 2.75. The molecular formula is C17H17BrClN. The van der Waals surface area contributed by atoms with Gasteiger partial charge in [-0.1, -0.05) is 51.8 Å². The SMILES string of the molecule is Clc1ccc(C2CC(NCc3ccc(Br)cc3)C2)cc1. The van der Waals surface area contributed by atoms with Crippen molar-refractivity contribution in [3.8, 4) is 0 Å². The summed E-state index contributed by atoms with van der Waals surface area (Å²) in [5, 5.41) is 4.44. The van der Waals surface area contributed by atoms with Crippen molar-refractivity contribution in [2.24, 2.45) is 0 Å². The van der Waals surface area contributed by atoms with Crippen LogP contribution in [-0.2, 0) is 6.54 Å². The molecule has 0 bridgehead atoms. The van der Waals surface area contributed by atoms with Crippen molar-refractivity contribution in [2.75, 3.05) is 0 Å². The molecule has 0 saturated heterocycles. The van der Waals surface area contributed by atoms with Gasteiger partial charge in [0.15, 0.2) is 0 Å². The number of hydrogen-bond acceptors (Lipinski definition) is 1. The van der Waals surface area contributed by atoms with Crippen LogP contribution in [0, 0.1) is 0 Å². The Labute approximate surface area is 133 Å². The third-order valence-corrected chi connectivity index (χ3v) is 4.77. The van der Waals surface area contributed by atoms with Crippen LogP contribution < -0.4 is 5.32 Å². The Morgan fingerprint density at radius 2 is 1.65 bits per heavy atom. The highest BCUT2D eigenvalue weighted by atomic mass is 79.9. The van der Waals surface area contributed by atoms with E-state index in [1.54, 1.807) is 0 Å². The molecular weight excluding hydrogens is 334 g/mol. The van der Waals surface area contributed by atoms with E-state index in [0.29, 0.717) is 12.0 Å². The Morgan fingerprint density at radius 3 is 2.30 bits per heavy atom. The van der Waals surface area contributed by atoms with Gasteiger partial charge in [-0.05, 0) is 54.2 Å². The minimum atomic E-state index is 0.638. The lowest BCUT2D eigenvalue weighted by Crippen LogP contribution is -2.39. The fraction of sp³-hybridized carbons (Fsp3) is 0.294. The molecule has 0 aliphatic heterocycles. The van der Waals surface area contributed by atoms with Crippen molar-refractivity contribution in [1.29, 1.82) is 0 Å². The molecule has 1 nitrogen and oxygen atoms in total. The molecule has 2 aromatic carbocycles. The van der Waals surface area contributed by atoms with Gasteiger partial charge in [0.25, 0.3) is 0 Å². The van der Waals surface area contributed by atoms with Gasteiger partial charge in [0.05, 0.1) is 0 Å². The molecule has 0 atom stereocenters. The summed E-state index contributed by atoms with van der Waals surface area (Å²) in [6, 6.07) is 17.4. The lowest BCUT2D eigenvalue weighted by atomic mass is 9.76. The largest absolute Gasteiger partial charge is 0.310 e. The molecule has 3 rings (SSSR count). The van der Waals surface area contributed by atoms with Gasteiger partial charge in [0.1, 0.15) is 0 Å². The van der Waals surface area contributed by atoms with E-state index in [2.05, 4.69) is 57.6 Å². The van der Waals surface area contributed by atoms with Crippen molar-refractivity contribution >= 4 is 27.5 Å². The van der Waals surface area contributed by atoms with Gasteiger partial charge >= 0.3 is 0 Å². The smallest absolute Gasteiger partial charge is 0.0406 e. The second kappa shape index (κ2) is 6.30. The molecule has 20 heavy (non-hydrogen) atoms. The molecule has 1 fully saturated rings. The van der Waals surface area contributed by atoms with Gasteiger partial charge < -0.3 is 5.32 Å². The summed E-state index contributed by atoms with van der Waals surface area (Å²) in [4.78, 5) is 0. The van der Waals surface area contributed by atoms with Crippen LogP contribution in [0.25, 0.3) is 0 Å². The molecule has 104 valence electrons. The molecule has 0 spiro atoms. The third kappa shape index (κ3) is 3.43. The van der Waals surface area contributed by atoms with E-state index in [-0.39, 0.29) is 0 Å². The molecule has 0 radical (unpaired) electrons. The summed E-state index contributed by atoms with van der Waals surface area (Å²) >= 11 is 9.38. The van der Waals surface area contributed by atoms with Crippen LogP contribution >= 0.6 is 27.5 Å². The fourth-order valence-corrected chi connectivity index (χ4v) is 3.05. The summed E-state index contributed by atoms with van der Waals surface area (Å²) in [6.45, 7) is 0.950. The van der Waals surface area contributed by atoms with Crippen LogP contribution in [0.1, 0.15) is 29.9 Å². The van der Waals surface area contributed by atoms with Gasteiger partial charge in [-0.3, -0.25) is 0 Å². The first-order valence-electron chi connectivity index (χ1n) is 6.94. The van der Waals surface area contributed by atoms with E-state index < -0.39 is 0 Å². The summed E-state index contributed by atoms with van der Waals surface area (Å²) in [7, 11) is 0. The average molecular weight is 351 g/mol. The minimum Gasteiger partial charge on any atom is -0.310 e. The second-order valence-corrected chi connectivity index (χ2v) is 6.78. The zero-order chi connectivity index (χ0) is 13.9. The van der Waals surface area contributed by atoms with Gasteiger partial charge in [0.2, 0.25) is 0 Å². The lowest BCUT2D eigenvalue weighted by Gasteiger charge is -2.36. The van der Waals surface area contributed by atoms with Gasteiger partial charge in [0, 0.05) is 22.1 Å². The van der Waals surface area contributed by atoms with E-state index in [0.717, 1.165) is 16.0 Å². The molecule has 3 heteroatoms. The van der Waals surface area contributed by atoms with Crippen molar-refractivity contribution in [2.45, 2.75) is 31.3 Å². The van der Waals surface area contributed by atoms with Gasteiger partial charge in [-0.15, -0.1) is 0 Å². The van der Waals surface area contributed by atoms with E-state index in [4.69, 9.17) is 11.6 Å². The molecule has 1 saturated carbocycles. The molecule has 0 unspecified atom stereocenters. The van der Waals surface area contributed by atoms with Gasteiger partial charge in [-0.2, -0.15) is 0 Å². The van der Waals surface area contributed by atoms with E-state index in [1.165, 1.54) is 24.0 Å². The highest BCUT2D eigenvalue weighted by Crippen LogP contribution is 2.37. The first-order chi connectivity index (χ1) is 9.70. The molecule has 0 amide bonds. The highest BCUT2D eigenvalue weighted by Gasteiger charge is 2.29. The maximum Gasteiger partial charge on any atom is 0.0406 e. The van der Waals surface area contributed by atoms with Crippen molar-refractivity contribution in [3.63, 3.8) is 0 Å². The fourth-order valence-electron chi connectivity index (χ4n) is 2.66. The van der Waals surface area contributed by atoms with Crippen LogP contribution in [0.5, 0.6) is 0 Å². The zero-order valence-electron chi connectivity index (χ0n) is 11.2. The third-order valence-electron chi connectivity index (χ3n) is 3.99. The molecule has 1 aliphatic carbocycles. The predicted octanol–water partition coefficient (Wildman–Crippen LogP) is 5.14. The van der Waals surface area contributed by atoms with Crippen LogP contribution in [-0.4, -0.2) is 6.04 Å². The molecule has 0 aromatic heterocycles. The van der Waals surface area contributed by atoms with Crippen LogP contribution in [0.3, 0.4) is 0 Å². The Hall–Kier alpha value is -0.830. The summed E-state index contributed by atoms with van der Waals surface area (Å²) in [5.74, 6) is 0.690. The minimum absolute atomic E-state index is 0.638. The van der Waals surface area contributed by atoms with Crippen molar-refractivity contribution < 1.29 is 0 Å². The highest BCUT2D eigenvalue weighted by molar-refractivity contribution is 9.10. The van der Waals surface area contributed by atoms with E-state index in [9.17, 15) is 0 Å². The molecule has 1 aliphatic rings. The number of hydrogen-bond donors (Lipinski definition) is 1. The molecule has 0 heterocycles. The average Bonchev–Trinajstić information content (AvgIpc) is 2.41. The predicted molar refractivity (Wildman–Crippen MR) is 88.2 cm³/mol. The first kappa shape index (κ1) is 14.1. The molecule has 1 N–H and O–H groups in total. The van der Waals surface area contributed by atoms with Crippen LogP contribution in [0.15, 0.2) is 53.0 Å². The Balaban J connectivity index is 1.46. The Bertz CT molecular complexity index is 556. The quantitative estimate of drug-likeness (QED) is 0.805. The molecule has 2 aromatic rings. The maximum atomic E-state index is 5.92. The number of nitrogens with one attached hydrogen (secondary N) is 1. The van der Waals surface area contributed by atoms with Crippen LogP contribution in [0.2, 0.25) is 5.02 Å². The topological polar surface area (TPSA) is 12.0 Å². The van der Waals surface area contributed by atoms with E-state index >= 15 is 0 Å².